The van der Waals surface area contributed by atoms with Gasteiger partial charge in [0.15, 0.2) is 11.5 Å². The Kier molecular flexibility index (Phi) is 3.33. The van der Waals surface area contributed by atoms with Gasteiger partial charge in [0, 0.05) is 31.1 Å². The lowest BCUT2D eigenvalue weighted by Gasteiger charge is -2.34. The second-order valence-corrected chi connectivity index (χ2v) is 5.78. The van der Waals surface area contributed by atoms with E-state index in [0.29, 0.717) is 0 Å². The molecule has 5 heteroatoms. The molecule has 0 radical (unpaired) electrons. The van der Waals surface area contributed by atoms with Crippen LogP contribution in [0.25, 0.3) is 6.08 Å². The van der Waals surface area contributed by atoms with Crippen molar-refractivity contribution >= 4 is 12.0 Å². The molecule has 0 bridgehead atoms. The maximum Gasteiger partial charge on any atom is 0.247 e. The number of nitrogens with zero attached hydrogens (tertiary/aromatic N) is 2. The molecule has 118 valence electrons. The molecule has 0 N–H and O–H groups in total. The maximum atomic E-state index is 12.5. The zero-order valence-corrected chi connectivity index (χ0v) is 12.9. The van der Waals surface area contributed by atoms with Crippen molar-refractivity contribution in [2.24, 2.45) is 0 Å². The molecule has 1 aromatic heterocycles. The first-order valence-corrected chi connectivity index (χ1v) is 7.76. The normalized spacial score (nSPS) is 19.2. The molecule has 5 nitrogen and oxygen atoms in total. The van der Waals surface area contributed by atoms with Crippen molar-refractivity contribution in [1.29, 1.82) is 0 Å². The first-order chi connectivity index (χ1) is 11.2. The Morgan fingerprint density at radius 1 is 1.22 bits per heavy atom. The predicted molar refractivity (Wildman–Crippen MR) is 86.2 cm³/mol. The Morgan fingerprint density at radius 2 is 2.09 bits per heavy atom. The molecule has 4 rings (SSSR count). The third kappa shape index (κ3) is 2.48. The molecular formula is C18H18N2O3. The molecule has 2 aliphatic rings. The summed E-state index contributed by atoms with van der Waals surface area (Å²) >= 11 is 0. The van der Waals surface area contributed by atoms with Gasteiger partial charge in [0.1, 0.15) is 0 Å². The lowest BCUT2D eigenvalue weighted by molar-refractivity contribution is -0.129. The second kappa shape index (κ2) is 5.50. The average molecular weight is 310 g/mol. The van der Waals surface area contributed by atoms with E-state index in [9.17, 15) is 4.79 Å². The number of carbonyl (C=O) groups excluding carboxylic acids is 1. The second-order valence-electron chi connectivity index (χ2n) is 5.78. The van der Waals surface area contributed by atoms with E-state index in [1.807, 2.05) is 35.2 Å². The summed E-state index contributed by atoms with van der Waals surface area (Å²) in [6.45, 7) is 3.90. The zero-order chi connectivity index (χ0) is 15.8. The van der Waals surface area contributed by atoms with Gasteiger partial charge in [-0.05, 0) is 42.8 Å². The minimum Gasteiger partial charge on any atom is -0.454 e. The molecule has 3 heterocycles. The van der Waals surface area contributed by atoms with E-state index in [1.54, 1.807) is 6.08 Å². The molecule has 2 aromatic rings. The van der Waals surface area contributed by atoms with Gasteiger partial charge in [0.2, 0.25) is 12.7 Å². The monoisotopic (exact) mass is 310 g/mol. The smallest absolute Gasteiger partial charge is 0.247 e. The van der Waals surface area contributed by atoms with E-state index in [4.69, 9.17) is 9.47 Å². The Labute approximate surface area is 134 Å². The fraction of sp³-hybridized carbons (Fsp3) is 0.278. The van der Waals surface area contributed by atoms with Gasteiger partial charge in [-0.3, -0.25) is 4.79 Å². The molecule has 0 fully saturated rings. The summed E-state index contributed by atoms with van der Waals surface area (Å²) in [5, 5.41) is 0. The molecule has 0 saturated carbocycles. The van der Waals surface area contributed by atoms with E-state index >= 15 is 0 Å². The number of fused-ring (bicyclic) bond motifs is 2. The van der Waals surface area contributed by atoms with Crippen LogP contribution < -0.4 is 9.47 Å². The Bertz CT molecular complexity index is 778. The van der Waals surface area contributed by atoms with Gasteiger partial charge in [-0.1, -0.05) is 6.07 Å². The summed E-state index contributed by atoms with van der Waals surface area (Å²) in [7, 11) is 0. The molecule has 2 aliphatic heterocycles. The number of amides is 1. The van der Waals surface area contributed by atoms with E-state index in [1.165, 1.54) is 5.69 Å². The first kappa shape index (κ1) is 13.9. The van der Waals surface area contributed by atoms with Crippen LogP contribution in [0.1, 0.15) is 24.2 Å². The van der Waals surface area contributed by atoms with Crippen LogP contribution in [0.15, 0.2) is 42.6 Å². The topological polar surface area (TPSA) is 43.7 Å². The van der Waals surface area contributed by atoms with E-state index < -0.39 is 0 Å². The van der Waals surface area contributed by atoms with Crippen molar-refractivity contribution in [3.05, 3.63) is 53.9 Å². The minimum atomic E-state index is 0.0302. The molecule has 0 spiro atoms. The van der Waals surface area contributed by atoms with Gasteiger partial charge in [0.05, 0.1) is 6.04 Å². The third-order valence-corrected chi connectivity index (χ3v) is 4.44. The summed E-state index contributed by atoms with van der Waals surface area (Å²) in [4.78, 5) is 14.4. The Morgan fingerprint density at radius 3 is 3.00 bits per heavy atom. The molecule has 0 unspecified atom stereocenters. The largest absolute Gasteiger partial charge is 0.454 e. The quantitative estimate of drug-likeness (QED) is 0.801. The molecular weight excluding hydrogens is 292 g/mol. The van der Waals surface area contributed by atoms with Gasteiger partial charge in [-0.2, -0.15) is 0 Å². The van der Waals surface area contributed by atoms with Crippen LogP contribution in [-0.4, -0.2) is 28.7 Å². The van der Waals surface area contributed by atoms with Gasteiger partial charge in [-0.25, -0.2) is 0 Å². The molecule has 1 amide bonds. The fourth-order valence-corrected chi connectivity index (χ4v) is 3.16. The number of benzene rings is 1. The number of carbonyl (C=O) groups is 1. The Hall–Kier alpha value is -2.69. The fourth-order valence-electron chi connectivity index (χ4n) is 3.16. The number of aromatic nitrogens is 1. The van der Waals surface area contributed by atoms with Crippen molar-refractivity contribution < 1.29 is 14.3 Å². The molecule has 0 saturated heterocycles. The van der Waals surface area contributed by atoms with Crippen LogP contribution in [-0.2, 0) is 11.3 Å². The number of rotatable bonds is 2. The highest BCUT2D eigenvalue weighted by molar-refractivity contribution is 5.92. The van der Waals surface area contributed by atoms with E-state index in [-0.39, 0.29) is 18.7 Å². The number of hydrogen-bond donors (Lipinski definition) is 0. The lowest BCUT2D eigenvalue weighted by Crippen LogP contribution is -2.39. The van der Waals surface area contributed by atoms with Gasteiger partial charge < -0.3 is 18.9 Å². The van der Waals surface area contributed by atoms with E-state index in [2.05, 4.69) is 23.8 Å². The van der Waals surface area contributed by atoms with Crippen LogP contribution in [0.5, 0.6) is 11.5 Å². The summed E-state index contributed by atoms with van der Waals surface area (Å²) < 4.78 is 12.8. The van der Waals surface area contributed by atoms with Crippen molar-refractivity contribution in [1.82, 2.24) is 9.47 Å². The zero-order valence-electron chi connectivity index (χ0n) is 12.9. The predicted octanol–water partition coefficient (Wildman–Crippen LogP) is 2.83. The van der Waals surface area contributed by atoms with Crippen molar-refractivity contribution in [3.8, 4) is 11.5 Å². The lowest BCUT2D eigenvalue weighted by atomic mass is 10.1. The minimum absolute atomic E-state index is 0.0302. The number of ether oxygens (including phenoxy) is 2. The highest BCUT2D eigenvalue weighted by Crippen LogP contribution is 2.33. The highest BCUT2D eigenvalue weighted by Gasteiger charge is 2.25. The summed E-state index contributed by atoms with van der Waals surface area (Å²) in [6, 6.07) is 9.86. The van der Waals surface area contributed by atoms with Crippen LogP contribution in [0.4, 0.5) is 0 Å². The maximum absolute atomic E-state index is 12.5. The molecule has 23 heavy (non-hydrogen) atoms. The first-order valence-electron chi connectivity index (χ1n) is 7.76. The van der Waals surface area contributed by atoms with Crippen molar-refractivity contribution in [2.45, 2.75) is 19.5 Å². The van der Waals surface area contributed by atoms with Gasteiger partial charge in [-0.15, -0.1) is 0 Å². The molecule has 0 aliphatic carbocycles. The third-order valence-electron chi connectivity index (χ3n) is 4.44. The number of hydrogen-bond acceptors (Lipinski definition) is 3. The van der Waals surface area contributed by atoms with E-state index in [0.717, 1.165) is 30.2 Å². The standard InChI is InChI=1S/C18H18N2O3/c1-13-15-3-2-8-19(15)9-10-20(13)18(21)7-5-14-4-6-16-17(11-14)23-12-22-16/h2-8,11,13H,9-10,12H2,1H3/b7-5-/t13-/m0/s1. The summed E-state index contributed by atoms with van der Waals surface area (Å²) in [5.41, 5.74) is 2.11. The average Bonchev–Trinajstić information content (AvgIpc) is 3.21. The van der Waals surface area contributed by atoms with Crippen molar-refractivity contribution in [3.63, 3.8) is 0 Å². The van der Waals surface area contributed by atoms with Crippen LogP contribution in [0, 0.1) is 0 Å². The van der Waals surface area contributed by atoms with Crippen LogP contribution in [0.3, 0.4) is 0 Å². The van der Waals surface area contributed by atoms with Gasteiger partial charge >= 0.3 is 0 Å². The Balaban J connectivity index is 1.50. The molecule has 1 atom stereocenters. The summed E-state index contributed by atoms with van der Waals surface area (Å²) in [5.74, 6) is 1.50. The van der Waals surface area contributed by atoms with Crippen molar-refractivity contribution in [2.75, 3.05) is 13.3 Å². The SMILES string of the molecule is C[C@H]1c2cccn2CCN1C(=O)/C=C\c1ccc2c(c1)OCO2. The summed E-state index contributed by atoms with van der Waals surface area (Å²) in [6.07, 6.45) is 5.52. The van der Waals surface area contributed by atoms with Gasteiger partial charge in [0.25, 0.3) is 0 Å². The molecule has 1 aromatic carbocycles. The van der Waals surface area contributed by atoms with Crippen LogP contribution in [0.2, 0.25) is 0 Å². The highest BCUT2D eigenvalue weighted by atomic mass is 16.7. The van der Waals surface area contributed by atoms with Crippen LogP contribution >= 0.6 is 0 Å².